The maximum absolute atomic E-state index is 6.26. The van der Waals surface area contributed by atoms with E-state index in [2.05, 4.69) is 28.5 Å². The van der Waals surface area contributed by atoms with Gasteiger partial charge >= 0.3 is 0 Å². The van der Waals surface area contributed by atoms with E-state index in [0.29, 0.717) is 6.04 Å². The lowest BCUT2D eigenvalue weighted by molar-refractivity contribution is 0.436. The van der Waals surface area contributed by atoms with Crippen LogP contribution in [0.1, 0.15) is 51.6 Å². The minimum absolute atomic E-state index is 0.632. The summed E-state index contributed by atoms with van der Waals surface area (Å²) in [6.45, 7) is 8.55. The molecule has 2 heterocycles. The quantitative estimate of drug-likeness (QED) is 0.893. The molecule has 18 heavy (non-hydrogen) atoms. The van der Waals surface area contributed by atoms with Crippen molar-refractivity contribution in [1.29, 1.82) is 0 Å². The van der Waals surface area contributed by atoms with E-state index in [1.54, 1.807) is 0 Å². The minimum atomic E-state index is 0.632. The Morgan fingerprint density at radius 2 is 2.11 bits per heavy atom. The van der Waals surface area contributed by atoms with E-state index in [1.165, 1.54) is 31.5 Å². The van der Waals surface area contributed by atoms with Crippen LogP contribution in [-0.2, 0) is 6.54 Å². The number of piperidine rings is 1. The molecule has 0 saturated carbocycles. The van der Waals surface area contributed by atoms with Crippen molar-refractivity contribution >= 4 is 11.5 Å². The van der Waals surface area contributed by atoms with Gasteiger partial charge in [0, 0.05) is 19.1 Å². The fourth-order valence-electron chi connectivity index (χ4n) is 2.96. The summed E-state index contributed by atoms with van der Waals surface area (Å²) in [6, 6.07) is 0.632. The summed E-state index contributed by atoms with van der Waals surface area (Å²) in [5, 5.41) is 4.59. The molecule has 1 aliphatic heterocycles. The highest BCUT2D eigenvalue weighted by Crippen LogP contribution is 2.32. The molecule has 0 bridgehead atoms. The van der Waals surface area contributed by atoms with Gasteiger partial charge in [0.1, 0.15) is 0 Å². The number of nitrogen functional groups attached to an aromatic ring is 1. The first-order valence-electron chi connectivity index (χ1n) is 7.28. The molecule has 0 amide bonds. The van der Waals surface area contributed by atoms with Crippen LogP contribution in [0, 0.1) is 6.92 Å². The number of aryl methyl sites for hydroxylation is 2. The molecule has 4 heteroatoms. The van der Waals surface area contributed by atoms with Gasteiger partial charge in [0.15, 0.2) is 5.82 Å². The first-order valence-corrected chi connectivity index (χ1v) is 7.28. The molecule has 0 radical (unpaired) electrons. The molecule has 0 aromatic carbocycles. The third-order valence-electron chi connectivity index (χ3n) is 3.95. The maximum Gasteiger partial charge on any atom is 0.150 e. The van der Waals surface area contributed by atoms with Crippen molar-refractivity contribution < 1.29 is 0 Å². The van der Waals surface area contributed by atoms with Crippen LogP contribution in [0.2, 0.25) is 0 Å². The zero-order valence-corrected chi connectivity index (χ0v) is 11.9. The monoisotopic (exact) mass is 250 g/mol. The standard InChI is InChI=1S/C14H26N4/c1-4-9-18-14(13(15)11(3)16-18)17-10-7-6-8-12(17)5-2/h12H,4-10,15H2,1-3H3. The Labute approximate surface area is 110 Å². The first-order chi connectivity index (χ1) is 8.69. The zero-order chi connectivity index (χ0) is 13.1. The van der Waals surface area contributed by atoms with E-state index in [-0.39, 0.29) is 0 Å². The summed E-state index contributed by atoms with van der Waals surface area (Å²) in [5.74, 6) is 1.17. The molecule has 0 aliphatic carbocycles. The summed E-state index contributed by atoms with van der Waals surface area (Å²) in [6.07, 6.45) is 6.18. The number of hydrogen-bond donors (Lipinski definition) is 1. The summed E-state index contributed by atoms with van der Waals surface area (Å²) in [4.78, 5) is 2.49. The molecule has 1 aromatic rings. The highest BCUT2D eigenvalue weighted by molar-refractivity contribution is 5.66. The fraction of sp³-hybridized carbons (Fsp3) is 0.786. The van der Waals surface area contributed by atoms with E-state index in [0.717, 1.165) is 30.9 Å². The van der Waals surface area contributed by atoms with Crippen LogP contribution in [0.3, 0.4) is 0 Å². The highest BCUT2D eigenvalue weighted by atomic mass is 15.4. The van der Waals surface area contributed by atoms with Crippen LogP contribution in [0.5, 0.6) is 0 Å². The minimum Gasteiger partial charge on any atom is -0.394 e. The zero-order valence-electron chi connectivity index (χ0n) is 11.9. The van der Waals surface area contributed by atoms with Gasteiger partial charge in [0.2, 0.25) is 0 Å². The van der Waals surface area contributed by atoms with Gasteiger partial charge in [-0.3, -0.25) is 0 Å². The third-order valence-corrected chi connectivity index (χ3v) is 3.95. The third kappa shape index (κ3) is 2.33. The van der Waals surface area contributed by atoms with Gasteiger partial charge in [0.25, 0.3) is 0 Å². The van der Waals surface area contributed by atoms with Crippen molar-refractivity contribution in [1.82, 2.24) is 9.78 Å². The van der Waals surface area contributed by atoms with Crippen LogP contribution in [0.4, 0.5) is 11.5 Å². The summed E-state index contributed by atoms with van der Waals surface area (Å²) < 4.78 is 2.11. The average molecular weight is 250 g/mol. The van der Waals surface area contributed by atoms with E-state index in [9.17, 15) is 0 Å². The predicted molar refractivity (Wildman–Crippen MR) is 76.9 cm³/mol. The van der Waals surface area contributed by atoms with Crippen LogP contribution in [-0.4, -0.2) is 22.4 Å². The lowest BCUT2D eigenvalue weighted by Gasteiger charge is -2.37. The number of anilines is 2. The Balaban J connectivity index is 2.35. The van der Waals surface area contributed by atoms with E-state index < -0.39 is 0 Å². The summed E-state index contributed by atoms with van der Waals surface area (Å²) in [5.41, 5.74) is 8.11. The van der Waals surface area contributed by atoms with Crippen molar-refractivity contribution in [2.75, 3.05) is 17.2 Å². The van der Waals surface area contributed by atoms with Gasteiger partial charge < -0.3 is 10.6 Å². The largest absolute Gasteiger partial charge is 0.394 e. The van der Waals surface area contributed by atoms with E-state index in [4.69, 9.17) is 5.73 Å². The lowest BCUT2D eigenvalue weighted by Crippen LogP contribution is -2.40. The molecule has 1 atom stereocenters. The molecule has 102 valence electrons. The van der Waals surface area contributed by atoms with Crippen molar-refractivity contribution in [2.45, 2.75) is 65.5 Å². The fourth-order valence-corrected chi connectivity index (χ4v) is 2.96. The van der Waals surface area contributed by atoms with Gasteiger partial charge in [-0.25, -0.2) is 4.68 Å². The Hall–Kier alpha value is -1.19. The van der Waals surface area contributed by atoms with Crippen molar-refractivity contribution in [3.63, 3.8) is 0 Å². The van der Waals surface area contributed by atoms with Gasteiger partial charge in [-0.1, -0.05) is 13.8 Å². The van der Waals surface area contributed by atoms with Crippen molar-refractivity contribution in [3.8, 4) is 0 Å². The topological polar surface area (TPSA) is 47.1 Å². The number of hydrogen-bond acceptors (Lipinski definition) is 3. The maximum atomic E-state index is 6.26. The molecular formula is C14H26N4. The molecular weight excluding hydrogens is 224 g/mol. The second kappa shape index (κ2) is 5.63. The van der Waals surface area contributed by atoms with Crippen molar-refractivity contribution in [3.05, 3.63) is 5.69 Å². The highest BCUT2D eigenvalue weighted by Gasteiger charge is 2.26. The predicted octanol–water partition coefficient (Wildman–Crippen LogP) is 2.95. The van der Waals surface area contributed by atoms with Crippen molar-refractivity contribution in [2.24, 2.45) is 0 Å². The molecule has 0 spiro atoms. The molecule has 2 N–H and O–H groups in total. The van der Waals surface area contributed by atoms with Gasteiger partial charge in [-0.05, 0) is 39.0 Å². The van der Waals surface area contributed by atoms with E-state index in [1.807, 2.05) is 6.92 Å². The Kier molecular flexibility index (Phi) is 4.15. The Bertz CT molecular complexity index is 397. The average Bonchev–Trinajstić information content (AvgIpc) is 2.65. The molecule has 1 aliphatic rings. The molecule has 4 nitrogen and oxygen atoms in total. The second-order valence-corrected chi connectivity index (χ2v) is 5.30. The molecule has 1 saturated heterocycles. The summed E-state index contributed by atoms with van der Waals surface area (Å²) >= 11 is 0. The van der Waals surface area contributed by atoms with Crippen LogP contribution < -0.4 is 10.6 Å². The smallest absolute Gasteiger partial charge is 0.150 e. The molecule has 1 aromatic heterocycles. The van der Waals surface area contributed by atoms with Gasteiger partial charge in [0.05, 0.1) is 11.4 Å². The van der Waals surface area contributed by atoms with Crippen LogP contribution in [0.15, 0.2) is 0 Å². The first kappa shape index (κ1) is 13.2. The van der Waals surface area contributed by atoms with Crippen LogP contribution >= 0.6 is 0 Å². The Morgan fingerprint density at radius 3 is 2.78 bits per heavy atom. The normalized spacial score (nSPS) is 20.4. The lowest BCUT2D eigenvalue weighted by atomic mass is 10.00. The SMILES string of the molecule is CCCn1nc(C)c(N)c1N1CCCCC1CC. The van der Waals surface area contributed by atoms with Gasteiger partial charge in [-0.15, -0.1) is 0 Å². The Morgan fingerprint density at radius 1 is 1.33 bits per heavy atom. The van der Waals surface area contributed by atoms with Crippen LogP contribution in [0.25, 0.3) is 0 Å². The second-order valence-electron chi connectivity index (χ2n) is 5.30. The molecule has 1 fully saturated rings. The number of aromatic nitrogens is 2. The number of nitrogens with two attached hydrogens (primary N) is 1. The number of rotatable bonds is 4. The number of nitrogens with zero attached hydrogens (tertiary/aromatic N) is 3. The molecule has 2 rings (SSSR count). The summed E-state index contributed by atoms with van der Waals surface area (Å²) in [7, 11) is 0. The van der Waals surface area contributed by atoms with Gasteiger partial charge in [-0.2, -0.15) is 5.10 Å². The molecule has 1 unspecified atom stereocenters. The van der Waals surface area contributed by atoms with E-state index >= 15 is 0 Å².